The molecule has 26 heavy (non-hydrogen) atoms. The summed E-state index contributed by atoms with van der Waals surface area (Å²) >= 11 is 0. The lowest BCUT2D eigenvalue weighted by Gasteiger charge is -2.32. The molecule has 1 aromatic carbocycles. The Labute approximate surface area is 149 Å². The van der Waals surface area contributed by atoms with Crippen molar-refractivity contribution < 1.29 is 8.78 Å². The van der Waals surface area contributed by atoms with Crippen LogP contribution >= 0.6 is 0 Å². The predicted octanol–water partition coefficient (Wildman–Crippen LogP) is 4.26. The maximum atomic E-state index is 13.2. The average Bonchev–Trinajstić information content (AvgIpc) is 2.65. The van der Waals surface area contributed by atoms with Gasteiger partial charge in [-0.1, -0.05) is 6.07 Å². The number of fused-ring (bicyclic) bond motifs is 2. The molecule has 0 saturated carbocycles. The van der Waals surface area contributed by atoms with E-state index >= 15 is 0 Å². The smallest absolute Gasteiger partial charge is 0.265 e. The monoisotopic (exact) mass is 355 g/mol. The number of nitrogens with zero attached hydrogens (tertiary/aromatic N) is 3. The van der Waals surface area contributed by atoms with E-state index in [-0.39, 0.29) is 11.1 Å². The van der Waals surface area contributed by atoms with Gasteiger partial charge in [-0.2, -0.15) is 0 Å². The van der Waals surface area contributed by atoms with Gasteiger partial charge in [0.2, 0.25) is 0 Å². The lowest BCUT2D eigenvalue weighted by Crippen LogP contribution is -2.26. The lowest BCUT2D eigenvalue weighted by atomic mass is 10.0. The van der Waals surface area contributed by atoms with Crippen LogP contribution in [0, 0.1) is 6.92 Å². The Hall–Kier alpha value is -2.76. The molecule has 0 N–H and O–H groups in total. The van der Waals surface area contributed by atoms with E-state index in [0.717, 1.165) is 47.4 Å². The van der Waals surface area contributed by atoms with Gasteiger partial charge in [-0.3, -0.25) is 9.78 Å². The maximum absolute atomic E-state index is 13.2. The Morgan fingerprint density at radius 3 is 2.77 bits per heavy atom. The molecule has 0 unspecified atom stereocenters. The number of aryl methyl sites for hydroxylation is 3. The van der Waals surface area contributed by atoms with Gasteiger partial charge < -0.3 is 9.47 Å². The molecule has 0 aliphatic carbocycles. The minimum absolute atomic E-state index is 0.0321. The highest BCUT2D eigenvalue weighted by atomic mass is 19.3. The molecule has 1 aliphatic heterocycles. The summed E-state index contributed by atoms with van der Waals surface area (Å²) in [5, 5.41) is 0.933. The minimum Gasteiger partial charge on any atom is -0.339 e. The van der Waals surface area contributed by atoms with Crippen LogP contribution in [0.5, 0.6) is 0 Å². The first-order chi connectivity index (χ1) is 12.5. The Morgan fingerprint density at radius 2 is 2.00 bits per heavy atom. The Balaban J connectivity index is 1.95. The second-order valence-electron chi connectivity index (χ2n) is 6.69. The molecule has 0 spiro atoms. The van der Waals surface area contributed by atoms with Crippen molar-refractivity contribution in [2.24, 2.45) is 7.05 Å². The minimum atomic E-state index is -2.55. The zero-order chi connectivity index (χ0) is 18.4. The third kappa shape index (κ3) is 2.57. The highest BCUT2D eigenvalue weighted by Gasteiger charge is 2.23. The van der Waals surface area contributed by atoms with Crippen molar-refractivity contribution in [1.29, 1.82) is 0 Å². The van der Waals surface area contributed by atoms with Crippen LogP contribution < -0.4 is 10.5 Å². The van der Waals surface area contributed by atoms with E-state index in [0.29, 0.717) is 5.56 Å². The molecule has 3 aromatic rings. The summed E-state index contributed by atoms with van der Waals surface area (Å²) in [5.41, 5.74) is 3.85. The van der Waals surface area contributed by atoms with Crippen molar-refractivity contribution in [1.82, 2.24) is 9.55 Å². The number of rotatable bonds is 2. The Bertz CT molecular complexity index is 1060. The first-order valence-electron chi connectivity index (χ1n) is 8.61. The fourth-order valence-corrected chi connectivity index (χ4v) is 3.69. The molecule has 0 saturated heterocycles. The number of hydrogen-bond donors (Lipinski definition) is 0. The standard InChI is InChI=1S/C20H19F2N3O/c1-12-9-14-16(24(2)20(12)26)6-3-7-17(14)25-8-4-5-15-18(25)10-13(11-23-15)19(21)22/h3,6-7,9-11,19H,4-5,8H2,1-2H3. The third-order valence-corrected chi connectivity index (χ3v) is 5.02. The topological polar surface area (TPSA) is 38.1 Å². The summed E-state index contributed by atoms with van der Waals surface area (Å²) in [6.07, 6.45) is 0.392. The van der Waals surface area contributed by atoms with E-state index in [1.54, 1.807) is 24.6 Å². The quantitative estimate of drug-likeness (QED) is 0.689. The molecule has 0 atom stereocenters. The predicted molar refractivity (Wildman–Crippen MR) is 98.4 cm³/mol. The van der Waals surface area contributed by atoms with Crippen LogP contribution in [0.4, 0.5) is 20.2 Å². The van der Waals surface area contributed by atoms with Crippen LogP contribution in [-0.4, -0.2) is 16.1 Å². The van der Waals surface area contributed by atoms with Crippen LogP contribution in [0.3, 0.4) is 0 Å². The van der Waals surface area contributed by atoms with Gasteiger partial charge in [-0.15, -0.1) is 0 Å². The van der Waals surface area contributed by atoms with Crippen molar-refractivity contribution in [3.05, 3.63) is 63.7 Å². The van der Waals surface area contributed by atoms with Crippen LogP contribution in [-0.2, 0) is 13.5 Å². The Morgan fingerprint density at radius 1 is 1.19 bits per heavy atom. The molecule has 6 heteroatoms. The molecule has 3 heterocycles. The molecule has 4 nitrogen and oxygen atoms in total. The van der Waals surface area contributed by atoms with Gasteiger partial charge in [0.1, 0.15) is 0 Å². The van der Waals surface area contributed by atoms with E-state index < -0.39 is 6.43 Å². The summed E-state index contributed by atoms with van der Waals surface area (Å²) in [5.74, 6) is 0. The average molecular weight is 355 g/mol. The zero-order valence-corrected chi connectivity index (χ0v) is 14.7. The van der Waals surface area contributed by atoms with E-state index in [4.69, 9.17) is 0 Å². The number of anilines is 2. The SMILES string of the molecule is Cc1cc2c(N3CCCc4ncc(C(F)F)cc43)cccc2n(C)c1=O. The van der Waals surface area contributed by atoms with Crippen LogP contribution in [0.2, 0.25) is 0 Å². The number of benzene rings is 1. The molecule has 0 bridgehead atoms. The van der Waals surface area contributed by atoms with Gasteiger partial charge >= 0.3 is 0 Å². The number of hydrogen-bond acceptors (Lipinski definition) is 3. The molecule has 0 fully saturated rings. The second-order valence-corrected chi connectivity index (χ2v) is 6.69. The largest absolute Gasteiger partial charge is 0.339 e. The van der Waals surface area contributed by atoms with Gasteiger partial charge in [-0.05, 0) is 44.0 Å². The normalized spacial score (nSPS) is 14.1. The summed E-state index contributed by atoms with van der Waals surface area (Å²) in [6, 6.07) is 9.19. The van der Waals surface area contributed by atoms with Crippen molar-refractivity contribution in [2.75, 3.05) is 11.4 Å². The molecule has 0 radical (unpaired) electrons. The summed E-state index contributed by atoms with van der Waals surface area (Å²) in [6.45, 7) is 2.52. The fourth-order valence-electron chi connectivity index (χ4n) is 3.69. The third-order valence-electron chi connectivity index (χ3n) is 5.02. The first-order valence-corrected chi connectivity index (χ1v) is 8.61. The number of pyridine rings is 2. The van der Waals surface area contributed by atoms with Gasteiger partial charge in [0.15, 0.2) is 0 Å². The van der Waals surface area contributed by atoms with Crippen molar-refractivity contribution in [3.8, 4) is 0 Å². The number of alkyl halides is 2. The van der Waals surface area contributed by atoms with Crippen LogP contribution in [0.25, 0.3) is 10.9 Å². The Kier molecular flexibility index (Phi) is 3.98. The maximum Gasteiger partial charge on any atom is 0.265 e. The van der Waals surface area contributed by atoms with Gasteiger partial charge in [0, 0.05) is 36.3 Å². The number of halogens is 2. The summed E-state index contributed by atoms with van der Waals surface area (Å²) < 4.78 is 28.0. The first kappa shape index (κ1) is 16.7. The number of aromatic nitrogens is 2. The van der Waals surface area contributed by atoms with E-state index in [9.17, 15) is 13.6 Å². The van der Waals surface area contributed by atoms with Gasteiger partial charge in [-0.25, -0.2) is 8.78 Å². The van der Waals surface area contributed by atoms with Crippen LogP contribution in [0.15, 0.2) is 41.3 Å². The lowest BCUT2D eigenvalue weighted by molar-refractivity contribution is 0.151. The molecule has 4 rings (SSSR count). The van der Waals surface area contributed by atoms with Crippen molar-refractivity contribution >= 4 is 22.3 Å². The molecule has 134 valence electrons. The molecule has 2 aromatic heterocycles. The molecule has 1 aliphatic rings. The molecular formula is C20H19F2N3O. The van der Waals surface area contributed by atoms with Crippen LogP contribution in [0.1, 0.15) is 29.7 Å². The zero-order valence-electron chi connectivity index (χ0n) is 14.7. The fraction of sp³-hybridized carbons (Fsp3) is 0.300. The molecule has 0 amide bonds. The van der Waals surface area contributed by atoms with Crippen molar-refractivity contribution in [2.45, 2.75) is 26.2 Å². The molecular weight excluding hydrogens is 336 g/mol. The van der Waals surface area contributed by atoms with Gasteiger partial charge in [0.25, 0.3) is 12.0 Å². The van der Waals surface area contributed by atoms with Gasteiger partial charge in [0.05, 0.1) is 22.6 Å². The highest BCUT2D eigenvalue weighted by molar-refractivity contribution is 5.95. The van der Waals surface area contributed by atoms with E-state index in [1.165, 1.54) is 6.20 Å². The van der Waals surface area contributed by atoms with E-state index in [2.05, 4.69) is 4.98 Å². The van der Waals surface area contributed by atoms with E-state index in [1.807, 2.05) is 29.2 Å². The van der Waals surface area contributed by atoms with Crippen molar-refractivity contribution in [3.63, 3.8) is 0 Å². The summed E-state index contributed by atoms with van der Waals surface area (Å²) in [4.78, 5) is 18.6. The summed E-state index contributed by atoms with van der Waals surface area (Å²) in [7, 11) is 1.75. The highest BCUT2D eigenvalue weighted by Crippen LogP contribution is 2.38. The second kappa shape index (κ2) is 6.20.